The molecule has 0 saturated carbocycles. The number of hydrogen-bond acceptors (Lipinski definition) is 5. The molecular formula is C13H17FO5. The van der Waals surface area contributed by atoms with E-state index in [1.807, 2.05) is 0 Å². The Labute approximate surface area is 109 Å². The summed E-state index contributed by atoms with van der Waals surface area (Å²) in [5, 5.41) is 38.1. The molecule has 6 heteroatoms. The maximum absolute atomic E-state index is 13.5. The van der Waals surface area contributed by atoms with Gasteiger partial charge in [0.2, 0.25) is 0 Å². The molecule has 1 aromatic rings. The number of rotatable bonds is 3. The van der Waals surface area contributed by atoms with Crippen LogP contribution in [0.15, 0.2) is 24.3 Å². The molecule has 5 nitrogen and oxygen atoms in total. The lowest BCUT2D eigenvalue weighted by Gasteiger charge is -2.40. The van der Waals surface area contributed by atoms with Crippen molar-refractivity contribution < 1.29 is 29.6 Å². The van der Waals surface area contributed by atoms with E-state index >= 15 is 0 Å². The first-order valence-electron chi connectivity index (χ1n) is 6.08. The second-order valence-electron chi connectivity index (χ2n) is 4.66. The van der Waals surface area contributed by atoms with E-state index in [0.717, 1.165) is 0 Å². The van der Waals surface area contributed by atoms with Gasteiger partial charge in [0.25, 0.3) is 0 Å². The van der Waals surface area contributed by atoms with Gasteiger partial charge in [-0.1, -0.05) is 18.2 Å². The Morgan fingerprint density at radius 2 is 1.63 bits per heavy atom. The van der Waals surface area contributed by atoms with E-state index in [2.05, 4.69) is 0 Å². The van der Waals surface area contributed by atoms with Crippen molar-refractivity contribution in [1.29, 1.82) is 0 Å². The standard InChI is InChI=1S/C13H17FO5/c14-8-4-2-1-3-7(8)5-9-11(16)13(18)12(17)10(6-15)19-9/h1-4,9-13,15-18H,5-6H2/t9-,10+,11-,12+,13+/m0/s1. The molecule has 1 fully saturated rings. The molecule has 5 atom stereocenters. The van der Waals surface area contributed by atoms with Crippen molar-refractivity contribution in [3.8, 4) is 0 Å². The van der Waals surface area contributed by atoms with E-state index < -0.39 is 42.9 Å². The van der Waals surface area contributed by atoms with Crippen LogP contribution in [0.5, 0.6) is 0 Å². The lowest BCUT2D eigenvalue weighted by atomic mass is 9.91. The quantitative estimate of drug-likeness (QED) is 0.579. The Hall–Kier alpha value is -1.05. The maximum atomic E-state index is 13.5. The maximum Gasteiger partial charge on any atom is 0.126 e. The Morgan fingerprint density at radius 1 is 1.00 bits per heavy atom. The van der Waals surface area contributed by atoms with E-state index in [-0.39, 0.29) is 6.42 Å². The first-order valence-corrected chi connectivity index (χ1v) is 6.08. The van der Waals surface area contributed by atoms with Crippen LogP contribution in [0.4, 0.5) is 4.39 Å². The van der Waals surface area contributed by atoms with Crippen LogP contribution in [0, 0.1) is 5.82 Å². The van der Waals surface area contributed by atoms with Gasteiger partial charge in [-0.05, 0) is 11.6 Å². The molecule has 1 aliphatic heterocycles. The van der Waals surface area contributed by atoms with E-state index in [9.17, 15) is 19.7 Å². The molecule has 0 aliphatic carbocycles. The van der Waals surface area contributed by atoms with Crippen molar-refractivity contribution in [2.45, 2.75) is 36.9 Å². The Bertz CT molecular complexity index is 425. The van der Waals surface area contributed by atoms with Crippen molar-refractivity contribution in [3.63, 3.8) is 0 Å². The molecule has 19 heavy (non-hydrogen) atoms. The largest absolute Gasteiger partial charge is 0.394 e. The van der Waals surface area contributed by atoms with Crippen LogP contribution in [0.2, 0.25) is 0 Å². The van der Waals surface area contributed by atoms with Crippen molar-refractivity contribution in [2.75, 3.05) is 6.61 Å². The minimum atomic E-state index is -1.43. The molecule has 0 bridgehead atoms. The minimum Gasteiger partial charge on any atom is -0.394 e. The van der Waals surface area contributed by atoms with Crippen LogP contribution in [0.3, 0.4) is 0 Å². The van der Waals surface area contributed by atoms with E-state index in [1.54, 1.807) is 18.2 Å². The zero-order valence-electron chi connectivity index (χ0n) is 10.2. The van der Waals surface area contributed by atoms with Gasteiger partial charge in [-0.25, -0.2) is 4.39 Å². The number of aliphatic hydroxyl groups excluding tert-OH is 4. The molecule has 106 valence electrons. The molecule has 0 unspecified atom stereocenters. The molecule has 1 aliphatic rings. The lowest BCUT2D eigenvalue weighted by Crippen LogP contribution is -2.59. The van der Waals surface area contributed by atoms with Gasteiger partial charge in [0.05, 0.1) is 12.7 Å². The van der Waals surface area contributed by atoms with Crippen LogP contribution >= 0.6 is 0 Å². The molecule has 1 heterocycles. The van der Waals surface area contributed by atoms with E-state index in [0.29, 0.717) is 5.56 Å². The normalized spacial score (nSPS) is 35.3. The highest BCUT2D eigenvalue weighted by Crippen LogP contribution is 2.24. The smallest absolute Gasteiger partial charge is 0.126 e. The van der Waals surface area contributed by atoms with Crippen molar-refractivity contribution >= 4 is 0 Å². The van der Waals surface area contributed by atoms with Crippen molar-refractivity contribution in [2.24, 2.45) is 0 Å². The number of aliphatic hydroxyl groups is 4. The molecule has 1 aromatic carbocycles. The van der Waals surface area contributed by atoms with Crippen LogP contribution in [0.1, 0.15) is 5.56 Å². The van der Waals surface area contributed by atoms with Gasteiger partial charge in [-0.2, -0.15) is 0 Å². The number of benzene rings is 1. The van der Waals surface area contributed by atoms with Crippen molar-refractivity contribution in [3.05, 3.63) is 35.6 Å². The van der Waals surface area contributed by atoms with Gasteiger partial charge >= 0.3 is 0 Å². The molecule has 0 radical (unpaired) electrons. The van der Waals surface area contributed by atoms with Crippen LogP contribution in [0.25, 0.3) is 0 Å². The van der Waals surface area contributed by atoms with E-state index in [4.69, 9.17) is 9.84 Å². The predicted molar refractivity (Wildman–Crippen MR) is 63.9 cm³/mol. The zero-order valence-corrected chi connectivity index (χ0v) is 10.2. The van der Waals surface area contributed by atoms with Crippen LogP contribution in [-0.4, -0.2) is 57.6 Å². The highest BCUT2D eigenvalue weighted by Gasteiger charge is 2.43. The highest BCUT2D eigenvalue weighted by atomic mass is 19.1. The topological polar surface area (TPSA) is 90.2 Å². The van der Waals surface area contributed by atoms with Gasteiger partial charge < -0.3 is 25.2 Å². The first-order chi connectivity index (χ1) is 9.04. The van der Waals surface area contributed by atoms with Crippen molar-refractivity contribution in [1.82, 2.24) is 0 Å². The molecule has 0 aromatic heterocycles. The average Bonchev–Trinajstić information content (AvgIpc) is 2.41. The monoisotopic (exact) mass is 272 g/mol. The number of ether oxygens (including phenoxy) is 1. The summed E-state index contributed by atoms with van der Waals surface area (Å²) in [7, 11) is 0. The van der Waals surface area contributed by atoms with Gasteiger partial charge in [-0.15, -0.1) is 0 Å². The molecular weight excluding hydrogens is 255 g/mol. The minimum absolute atomic E-state index is 0.0497. The highest BCUT2D eigenvalue weighted by molar-refractivity contribution is 5.19. The summed E-state index contributed by atoms with van der Waals surface area (Å²) in [6.07, 6.45) is -5.95. The lowest BCUT2D eigenvalue weighted by molar-refractivity contribution is -0.228. The summed E-state index contributed by atoms with van der Waals surface area (Å²) in [6.45, 7) is -0.487. The van der Waals surface area contributed by atoms with Crippen LogP contribution in [-0.2, 0) is 11.2 Å². The third-order valence-corrected chi connectivity index (χ3v) is 3.37. The average molecular weight is 272 g/mol. The molecule has 0 spiro atoms. The number of hydrogen-bond donors (Lipinski definition) is 4. The fourth-order valence-electron chi connectivity index (χ4n) is 2.23. The fourth-order valence-corrected chi connectivity index (χ4v) is 2.23. The summed E-state index contributed by atoms with van der Waals surface area (Å²) in [5.41, 5.74) is 0.340. The molecule has 0 amide bonds. The zero-order chi connectivity index (χ0) is 14.0. The van der Waals surface area contributed by atoms with Crippen LogP contribution < -0.4 is 0 Å². The second kappa shape index (κ2) is 5.94. The molecule has 4 N–H and O–H groups in total. The third kappa shape index (κ3) is 2.93. The summed E-state index contributed by atoms with van der Waals surface area (Å²) in [6, 6.07) is 6.05. The summed E-state index contributed by atoms with van der Waals surface area (Å²) < 4.78 is 18.8. The molecule has 2 rings (SSSR count). The summed E-state index contributed by atoms with van der Waals surface area (Å²) >= 11 is 0. The Balaban J connectivity index is 2.13. The molecule has 1 saturated heterocycles. The van der Waals surface area contributed by atoms with Gasteiger partial charge in [0.1, 0.15) is 30.2 Å². The van der Waals surface area contributed by atoms with Gasteiger partial charge in [0, 0.05) is 6.42 Å². The predicted octanol–water partition coefficient (Wildman–Crippen LogP) is -0.789. The second-order valence-corrected chi connectivity index (χ2v) is 4.66. The third-order valence-electron chi connectivity index (χ3n) is 3.37. The first kappa shape index (κ1) is 14.4. The fraction of sp³-hybridized carbons (Fsp3) is 0.538. The summed E-state index contributed by atoms with van der Waals surface area (Å²) in [4.78, 5) is 0. The Kier molecular flexibility index (Phi) is 4.49. The SMILES string of the molecule is OC[C@H]1O[C@@H](Cc2ccccc2F)[C@H](O)[C@@H](O)[C@@H]1O. The van der Waals surface area contributed by atoms with E-state index in [1.165, 1.54) is 6.07 Å². The Morgan fingerprint density at radius 3 is 2.26 bits per heavy atom. The van der Waals surface area contributed by atoms with Gasteiger partial charge in [0.15, 0.2) is 0 Å². The summed E-state index contributed by atoms with van der Waals surface area (Å²) in [5.74, 6) is -0.431. The van der Waals surface area contributed by atoms with Gasteiger partial charge in [-0.3, -0.25) is 0 Å². The number of halogens is 1.